The Morgan fingerprint density at radius 1 is 1.10 bits per heavy atom. The molecule has 2 unspecified atom stereocenters. The first-order valence-electron chi connectivity index (χ1n) is 8.03. The van der Waals surface area contributed by atoms with Crippen LogP contribution in [0.25, 0.3) is 0 Å². The van der Waals surface area contributed by atoms with Crippen molar-refractivity contribution in [3.63, 3.8) is 0 Å². The van der Waals surface area contributed by atoms with Crippen LogP contribution in [0.1, 0.15) is 69.7 Å². The van der Waals surface area contributed by atoms with E-state index in [1.54, 1.807) is 0 Å². The highest BCUT2D eigenvalue weighted by molar-refractivity contribution is 5.41. The molecule has 1 aromatic rings. The summed E-state index contributed by atoms with van der Waals surface area (Å²) >= 11 is 0. The highest BCUT2D eigenvalue weighted by Gasteiger charge is 2.19. The molecular weight excluding hydrogens is 242 g/mol. The van der Waals surface area contributed by atoms with E-state index in [9.17, 15) is 0 Å². The molecule has 0 radical (unpaired) electrons. The molecule has 0 amide bonds. The van der Waals surface area contributed by atoms with Crippen molar-refractivity contribution in [2.75, 3.05) is 0 Å². The van der Waals surface area contributed by atoms with Crippen LogP contribution in [-0.4, -0.2) is 6.04 Å². The first-order valence-corrected chi connectivity index (χ1v) is 8.03. The van der Waals surface area contributed by atoms with Crippen molar-refractivity contribution < 1.29 is 0 Å². The van der Waals surface area contributed by atoms with Crippen molar-refractivity contribution in [2.45, 2.75) is 79.2 Å². The largest absolute Gasteiger partial charge is 0.327 e. The molecule has 0 aliphatic carbocycles. The van der Waals surface area contributed by atoms with E-state index >= 15 is 0 Å². The van der Waals surface area contributed by atoms with Crippen LogP contribution in [0.2, 0.25) is 0 Å². The van der Waals surface area contributed by atoms with Gasteiger partial charge in [-0.25, -0.2) is 0 Å². The van der Waals surface area contributed by atoms with Gasteiger partial charge in [0, 0.05) is 6.04 Å². The highest BCUT2D eigenvalue weighted by atomic mass is 14.6. The Morgan fingerprint density at radius 3 is 2.00 bits per heavy atom. The lowest BCUT2D eigenvalue weighted by atomic mass is 9.82. The highest BCUT2D eigenvalue weighted by Crippen LogP contribution is 2.28. The molecule has 0 aliphatic heterocycles. The van der Waals surface area contributed by atoms with Crippen LogP contribution in [-0.2, 0) is 11.8 Å². The lowest BCUT2D eigenvalue weighted by Crippen LogP contribution is -2.31. The van der Waals surface area contributed by atoms with Gasteiger partial charge in [-0.1, -0.05) is 53.2 Å². The van der Waals surface area contributed by atoms with Gasteiger partial charge in [0.2, 0.25) is 0 Å². The van der Waals surface area contributed by atoms with E-state index in [0.717, 1.165) is 6.42 Å². The maximum atomic E-state index is 6.40. The quantitative estimate of drug-likeness (QED) is 0.812. The summed E-state index contributed by atoms with van der Waals surface area (Å²) in [6.07, 6.45) is 3.44. The van der Waals surface area contributed by atoms with E-state index in [-0.39, 0.29) is 11.5 Å². The molecule has 1 rings (SSSR count). The number of rotatable bonds is 5. The zero-order valence-electron chi connectivity index (χ0n) is 14.5. The smallest absolute Gasteiger partial charge is 0.0105 e. The van der Waals surface area contributed by atoms with E-state index in [1.165, 1.54) is 35.1 Å². The summed E-state index contributed by atoms with van der Waals surface area (Å²) in [5.74, 6) is 0.598. The molecule has 0 aliphatic rings. The molecule has 1 heteroatoms. The average Bonchev–Trinajstić information content (AvgIpc) is 2.32. The van der Waals surface area contributed by atoms with Crippen molar-refractivity contribution >= 4 is 0 Å². The predicted octanol–water partition coefficient (Wildman–Crippen LogP) is 4.91. The van der Waals surface area contributed by atoms with Gasteiger partial charge in [0.15, 0.2) is 0 Å². The Morgan fingerprint density at radius 2 is 1.60 bits per heavy atom. The van der Waals surface area contributed by atoms with Crippen LogP contribution >= 0.6 is 0 Å². The van der Waals surface area contributed by atoms with Crippen molar-refractivity contribution in [2.24, 2.45) is 11.7 Å². The fraction of sp³-hybridized carbons (Fsp3) is 0.684. The van der Waals surface area contributed by atoms with Crippen LogP contribution in [0.5, 0.6) is 0 Å². The van der Waals surface area contributed by atoms with Crippen LogP contribution in [0.4, 0.5) is 0 Å². The predicted molar refractivity (Wildman–Crippen MR) is 90.4 cm³/mol. The number of hydrogen-bond acceptors (Lipinski definition) is 1. The van der Waals surface area contributed by atoms with E-state index in [1.807, 2.05) is 0 Å². The Balaban J connectivity index is 2.97. The lowest BCUT2D eigenvalue weighted by Gasteiger charge is -2.25. The number of benzene rings is 1. The summed E-state index contributed by atoms with van der Waals surface area (Å²) in [5.41, 5.74) is 12.3. The first-order chi connectivity index (χ1) is 9.16. The minimum atomic E-state index is 0.214. The van der Waals surface area contributed by atoms with Gasteiger partial charge >= 0.3 is 0 Å². The third-order valence-corrected chi connectivity index (χ3v) is 4.48. The third kappa shape index (κ3) is 4.34. The summed E-state index contributed by atoms with van der Waals surface area (Å²) in [6.45, 7) is 15.8. The van der Waals surface area contributed by atoms with E-state index in [2.05, 4.69) is 60.6 Å². The number of hydrogen-bond donors (Lipinski definition) is 1. The fourth-order valence-electron chi connectivity index (χ4n) is 2.85. The Bertz CT molecular complexity index is 417. The van der Waals surface area contributed by atoms with E-state index < -0.39 is 0 Å². The molecule has 1 nitrogen and oxygen atoms in total. The molecule has 0 saturated heterocycles. The summed E-state index contributed by atoms with van der Waals surface area (Å²) in [6, 6.07) is 4.96. The Kier molecular flexibility index (Phi) is 5.82. The minimum absolute atomic E-state index is 0.214. The topological polar surface area (TPSA) is 26.0 Å². The normalized spacial score (nSPS) is 15.2. The summed E-state index contributed by atoms with van der Waals surface area (Å²) in [5, 5.41) is 0. The van der Waals surface area contributed by atoms with E-state index in [4.69, 9.17) is 5.73 Å². The Labute approximate surface area is 126 Å². The van der Waals surface area contributed by atoms with Crippen LogP contribution in [0, 0.1) is 19.8 Å². The molecule has 0 aromatic heterocycles. The molecule has 114 valence electrons. The van der Waals surface area contributed by atoms with Crippen LogP contribution in [0.3, 0.4) is 0 Å². The van der Waals surface area contributed by atoms with Crippen molar-refractivity contribution in [1.82, 2.24) is 0 Å². The van der Waals surface area contributed by atoms with Crippen LogP contribution < -0.4 is 5.73 Å². The van der Waals surface area contributed by atoms with Gasteiger partial charge in [0.05, 0.1) is 0 Å². The molecule has 0 heterocycles. The van der Waals surface area contributed by atoms with Crippen LogP contribution in [0.15, 0.2) is 12.1 Å². The molecular formula is C19H33N. The maximum absolute atomic E-state index is 6.40. The van der Waals surface area contributed by atoms with Crippen molar-refractivity contribution in [3.05, 3.63) is 34.4 Å². The summed E-state index contributed by atoms with van der Waals surface area (Å²) < 4.78 is 0. The van der Waals surface area contributed by atoms with E-state index in [0.29, 0.717) is 5.92 Å². The second-order valence-electron chi connectivity index (χ2n) is 7.47. The van der Waals surface area contributed by atoms with Gasteiger partial charge in [-0.15, -0.1) is 0 Å². The van der Waals surface area contributed by atoms with Gasteiger partial charge < -0.3 is 5.73 Å². The molecule has 20 heavy (non-hydrogen) atoms. The molecule has 2 N–H and O–H groups in total. The summed E-state index contributed by atoms with van der Waals surface area (Å²) in [4.78, 5) is 0. The Hall–Kier alpha value is -0.820. The maximum Gasteiger partial charge on any atom is 0.0105 e. The fourth-order valence-corrected chi connectivity index (χ4v) is 2.85. The second-order valence-corrected chi connectivity index (χ2v) is 7.47. The second kappa shape index (κ2) is 6.76. The monoisotopic (exact) mass is 275 g/mol. The van der Waals surface area contributed by atoms with Crippen molar-refractivity contribution in [1.29, 1.82) is 0 Å². The van der Waals surface area contributed by atoms with Gasteiger partial charge in [0.25, 0.3) is 0 Å². The lowest BCUT2D eigenvalue weighted by molar-refractivity contribution is 0.419. The summed E-state index contributed by atoms with van der Waals surface area (Å²) in [7, 11) is 0. The zero-order valence-corrected chi connectivity index (χ0v) is 14.5. The standard InChI is InChI=1S/C19H33N/c1-8-9-13(2)18(20)12-17-14(3)10-16(11-15(17)4)19(5,6)7/h10-11,13,18H,8-9,12,20H2,1-7H3. The van der Waals surface area contributed by atoms with Gasteiger partial charge in [0.1, 0.15) is 0 Å². The molecule has 2 atom stereocenters. The minimum Gasteiger partial charge on any atom is -0.327 e. The average molecular weight is 275 g/mol. The van der Waals surface area contributed by atoms with Crippen molar-refractivity contribution in [3.8, 4) is 0 Å². The van der Waals surface area contributed by atoms with Gasteiger partial charge in [-0.3, -0.25) is 0 Å². The zero-order chi connectivity index (χ0) is 15.5. The third-order valence-electron chi connectivity index (χ3n) is 4.48. The number of nitrogens with two attached hydrogens (primary N) is 1. The molecule has 0 spiro atoms. The molecule has 1 aromatic carbocycles. The van der Waals surface area contributed by atoms with Gasteiger partial charge in [-0.05, 0) is 60.3 Å². The number of aryl methyl sites for hydroxylation is 2. The molecule has 0 bridgehead atoms. The molecule has 0 fully saturated rings. The SMILES string of the molecule is CCCC(C)C(N)Cc1c(C)cc(C(C)(C)C)cc1C. The van der Waals surface area contributed by atoms with Gasteiger partial charge in [-0.2, -0.15) is 0 Å². The molecule has 0 saturated carbocycles. The first kappa shape index (κ1) is 17.2.